The zero-order chi connectivity index (χ0) is 14.1. The lowest BCUT2D eigenvalue weighted by molar-refractivity contribution is 1.39. The Labute approximate surface area is 115 Å². The Hall–Kier alpha value is 0.868. The first kappa shape index (κ1) is 17.9. The standard InChI is InChI=1S/C13H36Si4/c1-14(2,3)11-17(10,12-15(4,5)6)13-16(7,8)9/h11-13H2,1-10H3. The van der Waals surface area contributed by atoms with E-state index in [9.17, 15) is 0 Å². The monoisotopic (exact) mass is 304 g/mol. The molecule has 0 aromatic carbocycles. The van der Waals surface area contributed by atoms with E-state index in [1.54, 1.807) is 17.0 Å². The van der Waals surface area contributed by atoms with Gasteiger partial charge in [0.2, 0.25) is 0 Å². The average molecular weight is 305 g/mol. The molecule has 17 heavy (non-hydrogen) atoms. The molecule has 0 radical (unpaired) electrons. The molecule has 0 spiro atoms. The molecule has 0 aliphatic carbocycles. The highest BCUT2D eigenvalue weighted by atomic mass is 28.4. The van der Waals surface area contributed by atoms with E-state index in [0.717, 1.165) is 0 Å². The highest BCUT2D eigenvalue weighted by Crippen LogP contribution is 2.34. The van der Waals surface area contributed by atoms with Crippen LogP contribution < -0.4 is 0 Å². The number of rotatable bonds is 6. The summed E-state index contributed by atoms with van der Waals surface area (Å²) in [5.41, 5.74) is 4.98. The largest absolute Gasteiger partial charge is 0.0698 e. The van der Waals surface area contributed by atoms with Gasteiger partial charge >= 0.3 is 0 Å². The summed E-state index contributed by atoms with van der Waals surface area (Å²) in [6, 6.07) is 0. The Bertz CT molecular complexity index is 199. The van der Waals surface area contributed by atoms with Crippen LogP contribution in [0.5, 0.6) is 0 Å². The third-order valence-electron chi connectivity index (χ3n) is 2.87. The molecule has 0 aromatic rings. The van der Waals surface area contributed by atoms with Crippen molar-refractivity contribution in [1.29, 1.82) is 0 Å². The molecule has 0 aliphatic heterocycles. The van der Waals surface area contributed by atoms with E-state index < -0.39 is 32.3 Å². The first-order chi connectivity index (χ1) is 7.12. The van der Waals surface area contributed by atoms with Gasteiger partial charge in [0.1, 0.15) is 0 Å². The van der Waals surface area contributed by atoms with Crippen LogP contribution in [0.3, 0.4) is 0 Å². The van der Waals surface area contributed by atoms with Crippen LogP contribution >= 0.6 is 0 Å². The minimum Gasteiger partial charge on any atom is -0.0698 e. The second-order valence-corrected chi connectivity index (χ2v) is 33.3. The van der Waals surface area contributed by atoms with Crippen molar-refractivity contribution in [3.05, 3.63) is 0 Å². The van der Waals surface area contributed by atoms with E-state index in [-0.39, 0.29) is 0 Å². The minimum atomic E-state index is -0.970. The lowest BCUT2D eigenvalue weighted by Gasteiger charge is -2.40. The fraction of sp³-hybridized carbons (Fsp3) is 1.00. The van der Waals surface area contributed by atoms with Crippen molar-refractivity contribution in [2.75, 3.05) is 0 Å². The molecule has 0 fully saturated rings. The summed E-state index contributed by atoms with van der Waals surface area (Å²) in [6.45, 7) is 25.9. The SMILES string of the molecule is C[Si](C)(C)C[Si](C)(C[Si](C)(C)C)C[Si](C)(C)C. The van der Waals surface area contributed by atoms with E-state index in [1.807, 2.05) is 0 Å². The molecular formula is C13H36Si4. The molecule has 0 atom stereocenters. The molecule has 0 saturated carbocycles. The maximum absolute atomic E-state index is 2.74. The van der Waals surface area contributed by atoms with Gasteiger partial charge in [-0.3, -0.25) is 0 Å². The summed E-state index contributed by atoms with van der Waals surface area (Å²) < 4.78 is 0. The van der Waals surface area contributed by atoms with Gasteiger partial charge in [0, 0.05) is 32.3 Å². The molecule has 104 valence electrons. The minimum absolute atomic E-state index is 0.886. The van der Waals surface area contributed by atoms with Crippen LogP contribution in [-0.2, 0) is 0 Å². The molecule has 0 N–H and O–H groups in total. The lowest BCUT2D eigenvalue weighted by atomic mass is 11.7. The van der Waals surface area contributed by atoms with Crippen molar-refractivity contribution in [2.45, 2.75) is 82.5 Å². The number of hydrogen-bond donors (Lipinski definition) is 0. The summed E-state index contributed by atoms with van der Waals surface area (Å²) in [6.07, 6.45) is 0. The molecule has 0 saturated heterocycles. The number of hydrogen-bond acceptors (Lipinski definition) is 0. The Morgan fingerprint density at radius 2 is 0.588 bits per heavy atom. The van der Waals surface area contributed by atoms with E-state index in [2.05, 4.69) is 65.5 Å². The van der Waals surface area contributed by atoms with Crippen LogP contribution in [0.2, 0.25) is 82.5 Å². The van der Waals surface area contributed by atoms with Crippen molar-refractivity contribution in [1.82, 2.24) is 0 Å². The predicted octanol–water partition coefficient (Wildman–Crippen LogP) is 5.70. The summed E-state index contributed by atoms with van der Waals surface area (Å²) in [7, 11) is -3.63. The van der Waals surface area contributed by atoms with Crippen molar-refractivity contribution in [3.63, 3.8) is 0 Å². The summed E-state index contributed by atoms with van der Waals surface area (Å²) in [5, 5.41) is 0. The lowest BCUT2D eigenvalue weighted by Crippen LogP contribution is -2.49. The normalized spacial score (nSPS) is 15.2. The molecule has 0 aromatic heterocycles. The first-order valence-electron chi connectivity index (χ1n) is 7.12. The zero-order valence-electron chi connectivity index (χ0n) is 14.1. The molecular weight excluding hydrogens is 268 g/mol. The first-order valence-corrected chi connectivity index (χ1v) is 21.4. The molecule has 0 rings (SSSR count). The highest BCUT2D eigenvalue weighted by molar-refractivity contribution is 7.07. The van der Waals surface area contributed by atoms with Crippen molar-refractivity contribution in [3.8, 4) is 0 Å². The van der Waals surface area contributed by atoms with Crippen molar-refractivity contribution in [2.24, 2.45) is 0 Å². The molecule has 4 heteroatoms. The van der Waals surface area contributed by atoms with Crippen LogP contribution in [-0.4, -0.2) is 32.3 Å². The Morgan fingerprint density at radius 1 is 0.412 bits per heavy atom. The second-order valence-electron chi connectivity index (χ2n) is 10.0. The van der Waals surface area contributed by atoms with Gasteiger partial charge in [-0.05, 0) is 0 Å². The van der Waals surface area contributed by atoms with Crippen LogP contribution in [0.15, 0.2) is 0 Å². The van der Waals surface area contributed by atoms with Crippen LogP contribution in [0.1, 0.15) is 0 Å². The molecule has 0 bridgehead atoms. The third-order valence-corrected chi connectivity index (χ3v) is 25.8. The average Bonchev–Trinajstić information content (AvgIpc) is 1.65. The van der Waals surface area contributed by atoms with Gasteiger partial charge in [-0.1, -0.05) is 82.5 Å². The molecule has 0 heterocycles. The van der Waals surface area contributed by atoms with Crippen molar-refractivity contribution < 1.29 is 0 Å². The molecule has 0 nitrogen and oxygen atoms in total. The Morgan fingerprint density at radius 3 is 0.706 bits per heavy atom. The maximum Gasteiger partial charge on any atom is 0.0426 e. The second kappa shape index (κ2) is 5.47. The third kappa shape index (κ3) is 10.5. The Balaban J connectivity index is 4.95. The van der Waals surface area contributed by atoms with Crippen molar-refractivity contribution >= 4 is 32.3 Å². The quantitative estimate of drug-likeness (QED) is 0.552. The van der Waals surface area contributed by atoms with E-state index in [4.69, 9.17) is 0 Å². The van der Waals surface area contributed by atoms with Gasteiger partial charge < -0.3 is 0 Å². The summed E-state index contributed by atoms with van der Waals surface area (Å²) >= 11 is 0. The van der Waals surface area contributed by atoms with Crippen LogP contribution in [0, 0.1) is 0 Å². The fourth-order valence-corrected chi connectivity index (χ4v) is 39.6. The topological polar surface area (TPSA) is 0 Å². The summed E-state index contributed by atoms with van der Waals surface area (Å²) in [5.74, 6) is 0. The van der Waals surface area contributed by atoms with Gasteiger partial charge in [0.25, 0.3) is 0 Å². The predicted molar refractivity (Wildman–Crippen MR) is 96.1 cm³/mol. The van der Waals surface area contributed by atoms with Gasteiger partial charge in [-0.25, -0.2) is 0 Å². The van der Waals surface area contributed by atoms with Gasteiger partial charge in [0.05, 0.1) is 0 Å². The maximum atomic E-state index is 2.74. The van der Waals surface area contributed by atoms with Gasteiger partial charge in [-0.15, -0.1) is 0 Å². The van der Waals surface area contributed by atoms with Gasteiger partial charge in [-0.2, -0.15) is 0 Å². The smallest absolute Gasteiger partial charge is 0.0426 e. The van der Waals surface area contributed by atoms with Crippen LogP contribution in [0.25, 0.3) is 0 Å². The van der Waals surface area contributed by atoms with E-state index in [1.165, 1.54) is 0 Å². The molecule has 0 unspecified atom stereocenters. The fourth-order valence-electron chi connectivity index (χ4n) is 4.03. The van der Waals surface area contributed by atoms with Crippen LogP contribution in [0.4, 0.5) is 0 Å². The van der Waals surface area contributed by atoms with E-state index >= 15 is 0 Å². The molecule has 0 aliphatic rings. The highest BCUT2D eigenvalue weighted by Gasteiger charge is 2.39. The van der Waals surface area contributed by atoms with Gasteiger partial charge in [0.15, 0.2) is 0 Å². The zero-order valence-corrected chi connectivity index (χ0v) is 18.1. The summed E-state index contributed by atoms with van der Waals surface area (Å²) in [4.78, 5) is 0. The van der Waals surface area contributed by atoms with E-state index in [0.29, 0.717) is 0 Å². The Kier molecular flexibility index (Phi) is 5.75. The molecule has 0 amide bonds.